The molecule has 0 spiro atoms. The molecule has 0 fully saturated rings. The lowest BCUT2D eigenvalue weighted by Crippen LogP contribution is -2.27. The summed E-state index contributed by atoms with van der Waals surface area (Å²) in [5.74, 6) is 0.200. The van der Waals surface area contributed by atoms with Crippen molar-refractivity contribution in [2.75, 3.05) is 0 Å². The van der Waals surface area contributed by atoms with Crippen molar-refractivity contribution in [3.05, 3.63) is 47.8 Å². The third-order valence-electron chi connectivity index (χ3n) is 3.49. The Morgan fingerprint density at radius 2 is 1.89 bits per heavy atom. The van der Waals surface area contributed by atoms with Crippen molar-refractivity contribution in [2.24, 2.45) is 5.41 Å². The molecule has 1 aliphatic carbocycles. The lowest BCUT2D eigenvalue weighted by molar-refractivity contribution is 0.0910. The number of hydrogen-bond donors (Lipinski definition) is 0. The van der Waals surface area contributed by atoms with Gasteiger partial charge in [-0.3, -0.25) is 14.8 Å². The van der Waals surface area contributed by atoms with Crippen LogP contribution in [0.3, 0.4) is 0 Å². The number of Topliss-reactive ketones (excluding diaryl/α,β-unsaturated/α-hetero) is 1. The third-order valence-corrected chi connectivity index (χ3v) is 3.49. The summed E-state index contributed by atoms with van der Waals surface area (Å²) in [5, 5.41) is 0. The number of carbonyl (C=O) groups excluding carboxylic acids is 1. The van der Waals surface area contributed by atoms with Crippen molar-refractivity contribution >= 4 is 5.78 Å². The molecule has 0 saturated heterocycles. The quantitative estimate of drug-likeness (QED) is 0.782. The smallest absolute Gasteiger partial charge is 0.165 e. The molecule has 2 heterocycles. The Morgan fingerprint density at radius 3 is 2.63 bits per heavy atom. The fraction of sp³-hybridized carbons (Fsp3) is 0.312. The molecule has 0 bridgehead atoms. The molecule has 19 heavy (non-hydrogen) atoms. The molecule has 0 atom stereocenters. The monoisotopic (exact) mass is 252 g/mol. The van der Waals surface area contributed by atoms with Crippen LogP contribution in [0.25, 0.3) is 11.4 Å². The minimum absolute atomic E-state index is 0.000176. The van der Waals surface area contributed by atoms with Gasteiger partial charge in [-0.25, -0.2) is 0 Å². The SMILES string of the molecule is CC1(C)CC(=O)c2ccc(-c3ccccn3)nc2C1. The number of fused-ring (bicyclic) bond motifs is 1. The van der Waals surface area contributed by atoms with Crippen molar-refractivity contribution < 1.29 is 4.79 Å². The molecule has 0 unspecified atom stereocenters. The van der Waals surface area contributed by atoms with Crippen LogP contribution in [0.5, 0.6) is 0 Å². The summed E-state index contributed by atoms with van der Waals surface area (Å²) in [6.07, 6.45) is 3.20. The Bertz CT molecular complexity index is 632. The van der Waals surface area contributed by atoms with Gasteiger partial charge in [-0.15, -0.1) is 0 Å². The molecule has 96 valence electrons. The summed E-state index contributed by atoms with van der Waals surface area (Å²) in [5.41, 5.74) is 3.37. The molecule has 0 radical (unpaired) electrons. The molecule has 3 nitrogen and oxygen atoms in total. The zero-order valence-corrected chi connectivity index (χ0v) is 11.2. The molecular formula is C16H16N2O. The summed E-state index contributed by atoms with van der Waals surface area (Å²) in [7, 11) is 0. The molecule has 0 aromatic carbocycles. The lowest BCUT2D eigenvalue weighted by Gasteiger charge is -2.29. The topological polar surface area (TPSA) is 42.9 Å². The van der Waals surface area contributed by atoms with E-state index in [9.17, 15) is 4.79 Å². The maximum absolute atomic E-state index is 12.1. The standard InChI is InChI=1S/C16H16N2O/c1-16(2)9-14-11(15(19)10-16)6-7-13(18-14)12-5-3-4-8-17-12/h3-8H,9-10H2,1-2H3. The Hall–Kier alpha value is -2.03. The van der Waals surface area contributed by atoms with Crippen molar-refractivity contribution in [3.63, 3.8) is 0 Å². The zero-order valence-electron chi connectivity index (χ0n) is 11.2. The zero-order chi connectivity index (χ0) is 13.5. The van der Waals surface area contributed by atoms with E-state index in [4.69, 9.17) is 0 Å². The largest absolute Gasteiger partial charge is 0.294 e. The van der Waals surface area contributed by atoms with E-state index in [0.29, 0.717) is 6.42 Å². The maximum atomic E-state index is 12.1. The normalized spacial score (nSPS) is 17.1. The third kappa shape index (κ3) is 2.28. The van der Waals surface area contributed by atoms with Gasteiger partial charge in [0.2, 0.25) is 0 Å². The van der Waals surface area contributed by atoms with Crippen LogP contribution in [0.2, 0.25) is 0 Å². The second-order valence-electron chi connectivity index (χ2n) is 5.85. The van der Waals surface area contributed by atoms with Gasteiger partial charge >= 0.3 is 0 Å². The fourth-order valence-corrected chi connectivity index (χ4v) is 2.59. The average Bonchev–Trinajstić information content (AvgIpc) is 2.37. The van der Waals surface area contributed by atoms with Gasteiger partial charge in [-0.05, 0) is 36.1 Å². The predicted octanol–water partition coefficient (Wildman–Crippen LogP) is 3.30. The summed E-state index contributed by atoms with van der Waals surface area (Å²) in [6, 6.07) is 9.54. The van der Waals surface area contributed by atoms with Gasteiger partial charge in [0.1, 0.15) is 0 Å². The summed E-state index contributed by atoms with van der Waals surface area (Å²) >= 11 is 0. The Balaban J connectivity index is 2.07. The molecule has 0 amide bonds. The van der Waals surface area contributed by atoms with Gasteiger partial charge in [-0.1, -0.05) is 19.9 Å². The van der Waals surface area contributed by atoms with Crippen LogP contribution < -0.4 is 0 Å². The van der Waals surface area contributed by atoms with Crippen LogP contribution in [0, 0.1) is 5.41 Å². The van der Waals surface area contributed by atoms with E-state index in [1.807, 2.05) is 30.3 Å². The van der Waals surface area contributed by atoms with Gasteiger partial charge in [0.05, 0.1) is 17.1 Å². The molecular weight excluding hydrogens is 236 g/mol. The van der Waals surface area contributed by atoms with E-state index in [0.717, 1.165) is 29.1 Å². The van der Waals surface area contributed by atoms with E-state index in [1.165, 1.54) is 0 Å². The summed E-state index contributed by atoms with van der Waals surface area (Å²) < 4.78 is 0. The fourth-order valence-electron chi connectivity index (χ4n) is 2.59. The highest BCUT2D eigenvalue weighted by Crippen LogP contribution is 2.34. The van der Waals surface area contributed by atoms with Crippen LogP contribution >= 0.6 is 0 Å². The average molecular weight is 252 g/mol. The van der Waals surface area contributed by atoms with Crippen LogP contribution in [0.1, 0.15) is 36.3 Å². The van der Waals surface area contributed by atoms with Crippen LogP contribution in [0.4, 0.5) is 0 Å². The first-order valence-electron chi connectivity index (χ1n) is 6.50. The van der Waals surface area contributed by atoms with E-state index < -0.39 is 0 Å². The Morgan fingerprint density at radius 1 is 1.05 bits per heavy atom. The molecule has 0 N–H and O–H groups in total. The molecule has 3 rings (SSSR count). The molecule has 2 aromatic heterocycles. The summed E-state index contributed by atoms with van der Waals surface area (Å²) in [4.78, 5) is 21.0. The van der Waals surface area contributed by atoms with Gasteiger partial charge in [0.25, 0.3) is 0 Å². The first kappa shape index (κ1) is 12.0. The molecule has 2 aromatic rings. The molecule has 0 saturated carbocycles. The van der Waals surface area contributed by atoms with Crippen LogP contribution in [-0.4, -0.2) is 15.8 Å². The minimum Gasteiger partial charge on any atom is -0.294 e. The number of ketones is 1. The van der Waals surface area contributed by atoms with Gasteiger partial charge in [0, 0.05) is 18.2 Å². The Kier molecular flexibility index (Phi) is 2.70. The molecule has 0 aliphatic heterocycles. The predicted molar refractivity (Wildman–Crippen MR) is 73.9 cm³/mol. The van der Waals surface area contributed by atoms with E-state index in [-0.39, 0.29) is 11.2 Å². The first-order valence-corrected chi connectivity index (χ1v) is 6.50. The molecule has 3 heteroatoms. The van der Waals surface area contributed by atoms with E-state index in [2.05, 4.69) is 23.8 Å². The number of rotatable bonds is 1. The maximum Gasteiger partial charge on any atom is 0.165 e. The highest BCUT2D eigenvalue weighted by molar-refractivity contribution is 5.98. The van der Waals surface area contributed by atoms with Gasteiger partial charge < -0.3 is 0 Å². The number of aromatic nitrogens is 2. The lowest BCUT2D eigenvalue weighted by atomic mass is 9.75. The number of pyridine rings is 2. The number of hydrogen-bond acceptors (Lipinski definition) is 3. The highest BCUT2D eigenvalue weighted by atomic mass is 16.1. The molecule has 1 aliphatic rings. The van der Waals surface area contributed by atoms with Crippen molar-refractivity contribution in [1.82, 2.24) is 9.97 Å². The van der Waals surface area contributed by atoms with E-state index in [1.54, 1.807) is 6.20 Å². The second kappa shape index (κ2) is 4.26. The van der Waals surface area contributed by atoms with Crippen molar-refractivity contribution in [3.8, 4) is 11.4 Å². The van der Waals surface area contributed by atoms with Crippen LogP contribution in [0.15, 0.2) is 36.5 Å². The highest BCUT2D eigenvalue weighted by Gasteiger charge is 2.31. The van der Waals surface area contributed by atoms with E-state index >= 15 is 0 Å². The second-order valence-corrected chi connectivity index (χ2v) is 5.85. The first-order chi connectivity index (χ1) is 9.05. The van der Waals surface area contributed by atoms with Gasteiger partial charge in [-0.2, -0.15) is 0 Å². The van der Waals surface area contributed by atoms with Gasteiger partial charge in [0.15, 0.2) is 5.78 Å². The summed E-state index contributed by atoms with van der Waals surface area (Å²) in [6.45, 7) is 4.23. The van der Waals surface area contributed by atoms with Crippen molar-refractivity contribution in [2.45, 2.75) is 26.7 Å². The van der Waals surface area contributed by atoms with Crippen molar-refractivity contribution in [1.29, 1.82) is 0 Å². The number of carbonyl (C=O) groups is 1. The van der Waals surface area contributed by atoms with Crippen LogP contribution in [-0.2, 0) is 6.42 Å². The Labute approximate surface area is 112 Å². The number of nitrogens with zero attached hydrogens (tertiary/aromatic N) is 2. The minimum atomic E-state index is -0.000176.